The van der Waals surface area contributed by atoms with Crippen molar-refractivity contribution in [1.29, 1.82) is 0 Å². The van der Waals surface area contributed by atoms with Crippen LogP contribution in [0, 0.1) is 6.92 Å². The summed E-state index contributed by atoms with van der Waals surface area (Å²) in [5.41, 5.74) is 2.45. The molecule has 0 spiro atoms. The van der Waals surface area contributed by atoms with Crippen LogP contribution >= 0.6 is 22.3 Å². The van der Waals surface area contributed by atoms with Crippen molar-refractivity contribution >= 4 is 31.3 Å². The minimum atomic E-state index is -3.73. The predicted octanol–water partition coefficient (Wildman–Crippen LogP) is 4.24. The molecule has 0 aliphatic carbocycles. The van der Waals surface area contributed by atoms with E-state index in [1.807, 2.05) is 25.1 Å². The van der Waals surface area contributed by atoms with Crippen molar-refractivity contribution in [3.05, 3.63) is 53.1 Å². The molecule has 0 N–H and O–H groups in total. The van der Waals surface area contributed by atoms with Crippen LogP contribution in [0.4, 0.5) is 0 Å². The predicted molar refractivity (Wildman–Crippen MR) is 74.7 cm³/mol. The van der Waals surface area contributed by atoms with Gasteiger partial charge in [-0.2, -0.15) is 0 Å². The summed E-state index contributed by atoms with van der Waals surface area (Å²) < 4.78 is 22.7. The van der Waals surface area contributed by atoms with Gasteiger partial charge in [-0.25, -0.2) is 8.42 Å². The highest BCUT2D eigenvalue weighted by atomic mass is 35.7. The second-order valence-corrected chi connectivity index (χ2v) is 6.99. The van der Waals surface area contributed by atoms with Crippen LogP contribution in [0.1, 0.15) is 5.56 Å². The molecule has 0 aromatic heterocycles. The quantitative estimate of drug-likeness (QED) is 0.777. The zero-order valence-electron chi connectivity index (χ0n) is 9.52. The van der Waals surface area contributed by atoms with E-state index < -0.39 is 9.05 Å². The van der Waals surface area contributed by atoms with E-state index in [1.54, 1.807) is 18.2 Å². The summed E-state index contributed by atoms with van der Waals surface area (Å²) in [6, 6.07) is 12.2. The lowest BCUT2D eigenvalue weighted by Gasteiger charge is -2.06. The summed E-state index contributed by atoms with van der Waals surface area (Å²) in [5.74, 6) is 0. The minimum Gasteiger partial charge on any atom is -0.207 e. The van der Waals surface area contributed by atoms with Crippen molar-refractivity contribution in [2.24, 2.45) is 0 Å². The first-order chi connectivity index (χ1) is 8.36. The van der Waals surface area contributed by atoms with Gasteiger partial charge < -0.3 is 0 Å². The van der Waals surface area contributed by atoms with Crippen LogP contribution in [-0.2, 0) is 9.05 Å². The molecule has 2 rings (SSSR count). The van der Waals surface area contributed by atoms with Gasteiger partial charge in [0.25, 0.3) is 9.05 Å². The Morgan fingerprint density at radius 2 is 1.72 bits per heavy atom. The third-order valence-electron chi connectivity index (χ3n) is 2.49. The zero-order valence-corrected chi connectivity index (χ0v) is 11.9. The van der Waals surface area contributed by atoms with Crippen molar-refractivity contribution < 1.29 is 8.42 Å². The maximum Gasteiger partial charge on any atom is 0.261 e. The Bertz CT molecular complexity index is 694. The SMILES string of the molecule is Cc1cc(-c2cccc(Cl)c2)cc(S(=O)(=O)Cl)c1. The molecule has 0 unspecified atom stereocenters. The molecule has 0 atom stereocenters. The van der Waals surface area contributed by atoms with Crippen molar-refractivity contribution in [2.75, 3.05) is 0 Å². The first-order valence-corrected chi connectivity index (χ1v) is 7.87. The van der Waals surface area contributed by atoms with Crippen LogP contribution in [0.2, 0.25) is 5.02 Å². The Morgan fingerprint density at radius 1 is 1.00 bits per heavy atom. The minimum absolute atomic E-state index is 0.0964. The van der Waals surface area contributed by atoms with Gasteiger partial charge in [-0.1, -0.05) is 29.8 Å². The summed E-state index contributed by atoms with van der Waals surface area (Å²) in [5, 5.41) is 0.601. The molecule has 2 nitrogen and oxygen atoms in total. The van der Waals surface area contributed by atoms with E-state index in [4.69, 9.17) is 22.3 Å². The molecule has 0 saturated heterocycles. The Hall–Kier alpha value is -1.03. The molecule has 0 aliphatic heterocycles. The van der Waals surface area contributed by atoms with Gasteiger partial charge in [0.2, 0.25) is 0 Å². The van der Waals surface area contributed by atoms with Gasteiger partial charge in [-0.3, -0.25) is 0 Å². The lowest BCUT2D eigenvalue weighted by Crippen LogP contribution is -1.92. The molecular weight excluding hydrogens is 291 g/mol. The van der Waals surface area contributed by atoms with Crippen molar-refractivity contribution in [2.45, 2.75) is 11.8 Å². The molecule has 94 valence electrons. The van der Waals surface area contributed by atoms with E-state index in [0.29, 0.717) is 5.02 Å². The number of rotatable bonds is 2. The van der Waals surface area contributed by atoms with Crippen molar-refractivity contribution in [3.63, 3.8) is 0 Å². The van der Waals surface area contributed by atoms with Gasteiger partial charge in [0.05, 0.1) is 4.90 Å². The molecule has 2 aromatic carbocycles. The van der Waals surface area contributed by atoms with E-state index in [1.165, 1.54) is 6.07 Å². The number of halogens is 2. The summed E-state index contributed by atoms with van der Waals surface area (Å²) in [4.78, 5) is 0.0964. The van der Waals surface area contributed by atoms with Gasteiger partial charge in [-0.15, -0.1) is 0 Å². The number of hydrogen-bond donors (Lipinski definition) is 0. The molecule has 0 saturated carbocycles. The normalized spacial score (nSPS) is 11.5. The Morgan fingerprint density at radius 3 is 2.33 bits per heavy atom. The lowest BCUT2D eigenvalue weighted by atomic mass is 10.0. The molecular formula is C13H10Cl2O2S. The molecule has 0 radical (unpaired) electrons. The molecule has 0 bridgehead atoms. The third kappa shape index (κ3) is 3.05. The van der Waals surface area contributed by atoms with Crippen LogP contribution in [0.5, 0.6) is 0 Å². The highest BCUT2D eigenvalue weighted by Gasteiger charge is 2.12. The maximum atomic E-state index is 11.4. The van der Waals surface area contributed by atoms with Gasteiger partial charge in [0.15, 0.2) is 0 Å². The van der Waals surface area contributed by atoms with E-state index >= 15 is 0 Å². The highest BCUT2D eigenvalue weighted by molar-refractivity contribution is 8.13. The monoisotopic (exact) mass is 300 g/mol. The average Bonchev–Trinajstić information content (AvgIpc) is 2.27. The zero-order chi connectivity index (χ0) is 13.3. The molecule has 2 aromatic rings. The molecule has 5 heteroatoms. The van der Waals surface area contributed by atoms with E-state index in [9.17, 15) is 8.42 Å². The number of benzene rings is 2. The van der Waals surface area contributed by atoms with Gasteiger partial charge >= 0.3 is 0 Å². The lowest BCUT2D eigenvalue weighted by molar-refractivity contribution is 0.609. The standard InChI is InChI=1S/C13H10Cl2O2S/c1-9-5-11(8-13(6-9)18(15,16)17)10-3-2-4-12(14)7-10/h2-8H,1H3. The molecule has 0 amide bonds. The average molecular weight is 301 g/mol. The first kappa shape index (κ1) is 13.4. The fourth-order valence-corrected chi connectivity index (χ4v) is 2.78. The maximum absolute atomic E-state index is 11.4. The van der Waals surface area contributed by atoms with Gasteiger partial charge in [0, 0.05) is 15.7 Å². The summed E-state index contributed by atoms with van der Waals surface area (Å²) in [6.45, 7) is 1.82. The molecule has 0 heterocycles. The second-order valence-electron chi connectivity index (χ2n) is 3.98. The van der Waals surface area contributed by atoms with Crippen LogP contribution < -0.4 is 0 Å². The Labute approximate surface area is 116 Å². The Balaban J connectivity index is 2.63. The van der Waals surface area contributed by atoms with Crippen molar-refractivity contribution in [3.8, 4) is 11.1 Å². The van der Waals surface area contributed by atoms with Crippen LogP contribution in [0.25, 0.3) is 11.1 Å². The smallest absolute Gasteiger partial charge is 0.207 e. The van der Waals surface area contributed by atoms with Gasteiger partial charge in [-0.05, 0) is 47.9 Å². The van der Waals surface area contributed by atoms with E-state index in [2.05, 4.69) is 0 Å². The molecule has 0 fully saturated rings. The Kier molecular flexibility index (Phi) is 3.66. The largest absolute Gasteiger partial charge is 0.261 e. The first-order valence-electron chi connectivity index (χ1n) is 5.18. The molecule has 0 aliphatic rings. The van der Waals surface area contributed by atoms with Crippen LogP contribution in [0.3, 0.4) is 0 Å². The van der Waals surface area contributed by atoms with Crippen molar-refractivity contribution in [1.82, 2.24) is 0 Å². The molecule has 18 heavy (non-hydrogen) atoms. The summed E-state index contributed by atoms with van der Waals surface area (Å²) >= 11 is 5.92. The summed E-state index contributed by atoms with van der Waals surface area (Å²) in [6.07, 6.45) is 0. The third-order valence-corrected chi connectivity index (χ3v) is 4.06. The fraction of sp³-hybridized carbons (Fsp3) is 0.0769. The topological polar surface area (TPSA) is 34.1 Å². The fourth-order valence-electron chi connectivity index (χ4n) is 1.72. The number of aryl methyl sites for hydroxylation is 1. The van der Waals surface area contributed by atoms with Gasteiger partial charge in [0.1, 0.15) is 0 Å². The van der Waals surface area contributed by atoms with E-state index in [-0.39, 0.29) is 4.90 Å². The van der Waals surface area contributed by atoms with E-state index in [0.717, 1.165) is 16.7 Å². The number of hydrogen-bond acceptors (Lipinski definition) is 2. The second kappa shape index (κ2) is 4.92. The van der Waals surface area contributed by atoms with Crippen LogP contribution in [-0.4, -0.2) is 8.42 Å². The summed E-state index contributed by atoms with van der Waals surface area (Å²) in [7, 11) is 1.64. The highest BCUT2D eigenvalue weighted by Crippen LogP contribution is 2.27. The van der Waals surface area contributed by atoms with Crippen LogP contribution in [0.15, 0.2) is 47.4 Å².